The van der Waals surface area contributed by atoms with Crippen molar-refractivity contribution in [3.8, 4) is 11.5 Å². The van der Waals surface area contributed by atoms with E-state index in [1.165, 1.54) is 44.5 Å². The Morgan fingerprint density at radius 1 is 0.385 bits per heavy atom. The standard InChI is InChI=1S/C42H32O8P2/c43-51(44,45)49-41-37-33-15-34(30-12-26-22-9-21(25(26)11-29(30)33)17-5-1-2-6-18(17)22)38(37)42(50-52(46,47)48)40-36-16-35(39(40)41)31-13-27-23-10-24(28(27)14-32(31)36)20-8-4-3-7-19(20)23/h1-8,11-14,21-24,33-36H,9-10,15-16H2,(H2,43,44,45)(H2,46,47,48)/p-4/t21-,22?,23+,24?,33-,34?,35?,36?/m1/s1. The Bertz CT molecular complexity index is 2340. The van der Waals surface area contributed by atoms with Crippen LogP contribution in [0.25, 0.3) is 0 Å². The Kier molecular flexibility index (Phi) is 5.21. The number of rotatable bonds is 4. The van der Waals surface area contributed by atoms with E-state index in [1.807, 2.05) is 0 Å². The first kappa shape index (κ1) is 29.5. The van der Waals surface area contributed by atoms with E-state index in [0.29, 0.717) is 35.1 Å². The summed E-state index contributed by atoms with van der Waals surface area (Å²) in [4.78, 5) is 50.4. The van der Waals surface area contributed by atoms with Gasteiger partial charge in [0.15, 0.2) is 0 Å². The van der Waals surface area contributed by atoms with Crippen LogP contribution in [0.4, 0.5) is 0 Å². The van der Waals surface area contributed by atoms with E-state index in [1.54, 1.807) is 0 Å². The molecule has 258 valence electrons. The van der Waals surface area contributed by atoms with Crippen molar-refractivity contribution in [2.24, 2.45) is 0 Å². The maximum absolute atomic E-state index is 12.6. The van der Waals surface area contributed by atoms with E-state index in [9.17, 15) is 28.7 Å². The van der Waals surface area contributed by atoms with Crippen LogP contribution in [0.3, 0.4) is 0 Å². The Hall–Kier alpha value is -4.00. The molecule has 0 spiro atoms. The van der Waals surface area contributed by atoms with Crippen LogP contribution in [0.2, 0.25) is 0 Å². The average molecular weight is 723 g/mol. The Labute approximate surface area is 298 Å². The molecule has 0 saturated carbocycles. The van der Waals surface area contributed by atoms with Crippen LogP contribution in [0.5, 0.6) is 11.5 Å². The highest BCUT2D eigenvalue weighted by Gasteiger charge is 2.55. The van der Waals surface area contributed by atoms with Gasteiger partial charge in [-0.2, -0.15) is 0 Å². The van der Waals surface area contributed by atoms with Crippen molar-refractivity contribution in [3.05, 3.63) is 162 Å². The molecule has 0 N–H and O–H groups in total. The monoisotopic (exact) mass is 722 g/mol. The highest BCUT2D eigenvalue weighted by Crippen LogP contribution is 2.72. The van der Waals surface area contributed by atoms with Crippen LogP contribution < -0.4 is 28.6 Å². The topological polar surface area (TPSA) is 145 Å². The normalized spacial score (nSPS) is 29.0. The minimum absolute atomic E-state index is 0.0216. The van der Waals surface area contributed by atoms with Crippen molar-refractivity contribution in [3.63, 3.8) is 0 Å². The zero-order valence-electron chi connectivity index (χ0n) is 27.5. The summed E-state index contributed by atoms with van der Waals surface area (Å²) < 4.78 is 36.3. The fourth-order valence-corrected chi connectivity index (χ4v) is 13.7. The molecule has 8 atom stereocenters. The van der Waals surface area contributed by atoms with E-state index in [0.717, 1.165) is 35.1 Å². The van der Waals surface area contributed by atoms with Crippen LogP contribution in [0.1, 0.15) is 162 Å². The first-order chi connectivity index (χ1) is 25.0. The second-order valence-corrected chi connectivity index (χ2v) is 18.4. The van der Waals surface area contributed by atoms with Crippen LogP contribution in [0.15, 0.2) is 72.8 Å². The first-order valence-electron chi connectivity index (χ1n) is 18.2. The predicted molar refractivity (Wildman–Crippen MR) is 182 cm³/mol. The molecule has 5 aromatic rings. The van der Waals surface area contributed by atoms with Gasteiger partial charge in [0.1, 0.15) is 27.1 Å². The van der Waals surface area contributed by atoms with Crippen LogP contribution in [-0.4, -0.2) is 0 Å². The molecular weight excluding hydrogens is 694 g/mol. The summed E-state index contributed by atoms with van der Waals surface area (Å²) >= 11 is 0. The average Bonchev–Trinajstić information content (AvgIpc) is 3.98. The summed E-state index contributed by atoms with van der Waals surface area (Å²) in [6.45, 7) is 0. The molecule has 8 aliphatic rings. The molecule has 8 bridgehead atoms. The molecule has 10 heteroatoms. The number of benzene rings is 5. The summed E-state index contributed by atoms with van der Waals surface area (Å²) in [7, 11) is -11.1. The quantitative estimate of drug-likeness (QED) is 0.205. The second-order valence-electron chi connectivity index (χ2n) is 16.2. The summed E-state index contributed by atoms with van der Waals surface area (Å²) in [5.41, 5.74) is 16.6. The molecule has 0 amide bonds. The highest BCUT2D eigenvalue weighted by atomic mass is 31.2. The van der Waals surface area contributed by atoms with Crippen molar-refractivity contribution < 1.29 is 37.8 Å². The molecule has 8 aliphatic carbocycles. The molecule has 13 rings (SSSR count). The molecule has 5 aromatic carbocycles. The van der Waals surface area contributed by atoms with Gasteiger partial charge in [0.25, 0.3) is 0 Å². The van der Waals surface area contributed by atoms with Gasteiger partial charge in [0, 0.05) is 69.6 Å². The maximum atomic E-state index is 12.6. The lowest BCUT2D eigenvalue weighted by molar-refractivity contribution is -0.336. The second kappa shape index (κ2) is 9.19. The van der Waals surface area contributed by atoms with Crippen LogP contribution in [-0.2, 0) is 9.13 Å². The number of phosphoric acid groups is 2. The molecule has 5 unspecified atom stereocenters. The van der Waals surface area contributed by atoms with Crippen LogP contribution in [0, 0.1) is 0 Å². The smallest absolute Gasteiger partial charge is 0.132 e. The van der Waals surface area contributed by atoms with E-state index in [2.05, 4.69) is 72.8 Å². The van der Waals surface area contributed by atoms with Gasteiger partial charge in [-0.1, -0.05) is 72.8 Å². The van der Waals surface area contributed by atoms with Gasteiger partial charge >= 0.3 is 0 Å². The van der Waals surface area contributed by atoms with Crippen LogP contribution >= 0.6 is 15.6 Å². The summed E-state index contributed by atoms with van der Waals surface area (Å²) in [6, 6.07) is 26.2. The molecule has 0 radical (unpaired) electrons. The molecule has 0 saturated heterocycles. The minimum Gasteiger partial charge on any atom is -0.780 e. The van der Waals surface area contributed by atoms with E-state index < -0.39 is 15.6 Å². The third-order valence-electron chi connectivity index (χ3n) is 14.3. The number of hydrogen-bond acceptors (Lipinski definition) is 8. The molecule has 0 heterocycles. The first-order valence-corrected chi connectivity index (χ1v) is 21.1. The Morgan fingerprint density at radius 2 is 0.615 bits per heavy atom. The van der Waals surface area contributed by atoms with Crippen molar-refractivity contribution >= 4 is 15.6 Å². The number of fused-ring (bicyclic) bond motifs is 32. The van der Waals surface area contributed by atoms with Crippen molar-refractivity contribution in [1.82, 2.24) is 0 Å². The largest absolute Gasteiger partial charge is 0.780 e. The van der Waals surface area contributed by atoms with E-state index >= 15 is 0 Å². The number of hydrogen-bond donors (Lipinski definition) is 0. The van der Waals surface area contributed by atoms with Gasteiger partial charge < -0.3 is 37.8 Å². The molecule has 8 nitrogen and oxygen atoms in total. The lowest BCUT2D eigenvalue weighted by Gasteiger charge is -2.39. The zero-order valence-corrected chi connectivity index (χ0v) is 29.3. The summed E-state index contributed by atoms with van der Waals surface area (Å²) in [5, 5.41) is 0. The molecule has 0 aliphatic heterocycles. The maximum Gasteiger partial charge on any atom is 0.132 e. The van der Waals surface area contributed by atoms with Gasteiger partial charge in [-0.05, 0) is 92.4 Å². The highest BCUT2D eigenvalue weighted by molar-refractivity contribution is 7.43. The van der Waals surface area contributed by atoms with Gasteiger partial charge in [-0.25, -0.2) is 0 Å². The van der Waals surface area contributed by atoms with Gasteiger partial charge in [-0.15, -0.1) is 0 Å². The Morgan fingerprint density at radius 3 is 0.865 bits per heavy atom. The molecule has 52 heavy (non-hydrogen) atoms. The van der Waals surface area contributed by atoms with E-state index in [-0.39, 0.29) is 58.8 Å². The van der Waals surface area contributed by atoms with Gasteiger partial charge in [0.2, 0.25) is 0 Å². The molecular formula is C42H28O8P2-4. The summed E-state index contributed by atoms with van der Waals surface area (Å²) in [5.74, 6) is -0.203. The predicted octanol–water partition coefficient (Wildman–Crippen LogP) is 6.03. The lowest BCUT2D eigenvalue weighted by Crippen LogP contribution is -2.24. The summed E-state index contributed by atoms with van der Waals surface area (Å²) in [6.07, 6.45) is 3.10. The SMILES string of the molecule is O=P([O-])([O-])Oc1c2c(c(OP(=O)([O-])[O-])c3c1C1C[C@@H]3c3cc4c(cc31)C1C[C@@H]4c3ccccc31)C1CC2c2cc3c(cc21)[C@H]1CC3c2ccccc21. The van der Waals surface area contributed by atoms with Crippen molar-refractivity contribution in [1.29, 1.82) is 0 Å². The molecule has 0 aromatic heterocycles. The zero-order chi connectivity index (χ0) is 34.7. The number of phosphoric ester groups is 2. The molecule has 0 fully saturated rings. The fourth-order valence-electron chi connectivity index (χ4n) is 12.9. The lowest BCUT2D eigenvalue weighted by atomic mass is 9.74. The third-order valence-corrected chi connectivity index (χ3v) is 15.1. The van der Waals surface area contributed by atoms with Gasteiger partial charge in [-0.3, -0.25) is 0 Å². The fraction of sp³-hybridized carbons (Fsp3) is 0.286. The third kappa shape index (κ3) is 3.46. The van der Waals surface area contributed by atoms with Gasteiger partial charge in [0.05, 0.1) is 0 Å². The van der Waals surface area contributed by atoms with E-state index in [4.69, 9.17) is 9.05 Å². The van der Waals surface area contributed by atoms with Crippen molar-refractivity contribution in [2.75, 3.05) is 0 Å². The minimum atomic E-state index is -5.56. The Balaban J connectivity index is 1.03. The van der Waals surface area contributed by atoms with Crippen molar-refractivity contribution in [2.45, 2.75) is 73.0 Å².